The minimum atomic E-state index is -0.805. The predicted octanol–water partition coefficient (Wildman–Crippen LogP) is 4.37. The molecule has 1 fully saturated rings. The monoisotopic (exact) mass is 579 g/mol. The molecule has 1 aromatic carbocycles. The van der Waals surface area contributed by atoms with Crippen molar-refractivity contribution in [3.8, 4) is 16.8 Å². The number of alkyl halides is 1. The Labute approximate surface area is 246 Å². The SMILES string of the molecule is NC1=NCN(C2CCC(F)C2)c2[nH]cc(-c3ccc(NC(=O)c4cc5c(n(-c6ccccc6)c4=O)CCCC5=O)nc3)c21. The molecule has 0 spiro atoms. The van der Waals surface area contributed by atoms with Gasteiger partial charge < -0.3 is 20.9 Å². The highest BCUT2D eigenvalue weighted by Crippen LogP contribution is 2.37. The van der Waals surface area contributed by atoms with E-state index < -0.39 is 17.6 Å². The minimum absolute atomic E-state index is 0.0539. The molecule has 218 valence electrons. The van der Waals surface area contributed by atoms with Gasteiger partial charge in [0.1, 0.15) is 35.9 Å². The van der Waals surface area contributed by atoms with Crippen molar-refractivity contribution >= 4 is 29.2 Å². The van der Waals surface area contributed by atoms with E-state index in [1.807, 2.05) is 24.4 Å². The van der Waals surface area contributed by atoms with Crippen LogP contribution in [-0.4, -0.2) is 50.9 Å². The Bertz CT molecular complexity index is 1830. The maximum absolute atomic E-state index is 13.9. The van der Waals surface area contributed by atoms with Crippen LogP contribution in [0.1, 0.15) is 64.1 Å². The van der Waals surface area contributed by atoms with Gasteiger partial charge in [-0.1, -0.05) is 18.2 Å². The van der Waals surface area contributed by atoms with Crippen LogP contribution in [0.25, 0.3) is 16.8 Å². The molecule has 11 heteroatoms. The molecule has 2 atom stereocenters. The second kappa shape index (κ2) is 10.6. The zero-order valence-electron chi connectivity index (χ0n) is 23.3. The number of halogens is 1. The predicted molar refractivity (Wildman–Crippen MR) is 162 cm³/mol. The standard InChI is InChI=1S/C32H30FN7O3/c33-19-10-11-21(13-19)39-17-37-29(34)28-24(16-36-30(28)39)18-9-12-27(35-15-18)38-31(42)23-14-22-25(7-4-8-26(22)41)40(32(23)43)20-5-2-1-3-6-20/h1-3,5-6,9,12,14-16,19,21,36H,4,7-8,10-11,13,17H2,(H2,34,37)(H,35,38,42). The number of carbonyl (C=O) groups excluding carboxylic acids is 2. The maximum Gasteiger partial charge on any atom is 0.268 e. The van der Waals surface area contributed by atoms with Crippen molar-refractivity contribution in [3.63, 3.8) is 0 Å². The molecule has 1 amide bonds. The average Bonchev–Trinajstić information content (AvgIpc) is 3.65. The van der Waals surface area contributed by atoms with E-state index in [0.717, 1.165) is 28.9 Å². The highest BCUT2D eigenvalue weighted by atomic mass is 19.1. The van der Waals surface area contributed by atoms with E-state index >= 15 is 0 Å². The largest absolute Gasteiger partial charge is 0.383 e. The number of rotatable bonds is 5. The van der Waals surface area contributed by atoms with Gasteiger partial charge in [0.15, 0.2) is 5.78 Å². The van der Waals surface area contributed by atoms with E-state index in [1.54, 1.807) is 30.5 Å². The number of aromatic nitrogens is 3. The quantitative estimate of drug-likeness (QED) is 0.321. The maximum atomic E-state index is 13.9. The first-order valence-corrected chi connectivity index (χ1v) is 14.5. The van der Waals surface area contributed by atoms with Crippen LogP contribution >= 0.6 is 0 Å². The third-order valence-corrected chi connectivity index (χ3v) is 8.57. The second-order valence-electron chi connectivity index (χ2n) is 11.2. The molecular formula is C32H30FN7O3. The van der Waals surface area contributed by atoms with Crippen molar-refractivity contribution in [2.75, 3.05) is 16.9 Å². The molecule has 7 rings (SSSR count). The van der Waals surface area contributed by atoms with Gasteiger partial charge in [0.25, 0.3) is 11.5 Å². The zero-order chi connectivity index (χ0) is 29.7. The Kier molecular flexibility index (Phi) is 6.64. The summed E-state index contributed by atoms with van der Waals surface area (Å²) in [6.07, 6.45) is 6.00. The summed E-state index contributed by atoms with van der Waals surface area (Å²) in [5.41, 5.74) is 9.58. The number of nitrogens with one attached hydrogen (secondary N) is 2. The van der Waals surface area contributed by atoms with Crippen molar-refractivity contribution in [1.29, 1.82) is 0 Å². The number of hydrogen-bond acceptors (Lipinski definition) is 7. The Morgan fingerprint density at radius 2 is 1.91 bits per heavy atom. The van der Waals surface area contributed by atoms with Gasteiger partial charge >= 0.3 is 0 Å². The lowest BCUT2D eigenvalue weighted by molar-refractivity contribution is 0.0971. The number of amides is 1. The number of Topliss-reactive ketones (excluding diaryl/α,β-unsaturated/α-hetero) is 1. The first-order valence-electron chi connectivity index (χ1n) is 14.5. The van der Waals surface area contributed by atoms with E-state index in [2.05, 4.69) is 25.2 Å². The third kappa shape index (κ3) is 4.70. The van der Waals surface area contributed by atoms with Crippen LogP contribution in [0, 0.1) is 0 Å². The fourth-order valence-corrected chi connectivity index (χ4v) is 6.43. The number of anilines is 2. The number of H-pyrrole nitrogens is 1. The fourth-order valence-electron chi connectivity index (χ4n) is 6.43. The molecule has 43 heavy (non-hydrogen) atoms. The van der Waals surface area contributed by atoms with Gasteiger partial charge in [-0.3, -0.25) is 19.0 Å². The zero-order valence-corrected chi connectivity index (χ0v) is 23.3. The molecular weight excluding hydrogens is 549 g/mol. The number of benzene rings is 1. The number of ketones is 1. The fraction of sp³-hybridized carbons (Fsp3) is 0.281. The van der Waals surface area contributed by atoms with Crippen molar-refractivity contribution in [3.05, 3.63) is 93.7 Å². The number of fused-ring (bicyclic) bond motifs is 2. The lowest BCUT2D eigenvalue weighted by Gasteiger charge is -2.32. The summed E-state index contributed by atoms with van der Waals surface area (Å²) >= 11 is 0. The molecule has 4 heterocycles. The summed E-state index contributed by atoms with van der Waals surface area (Å²) in [6, 6.07) is 13.9. The number of amidine groups is 1. The molecule has 3 aromatic heterocycles. The van der Waals surface area contributed by atoms with Gasteiger partial charge in [-0.2, -0.15) is 0 Å². The normalized spacial score (nSPS) is 19.5. The number of carbonyl (C=O) groups is 2. The number of hydrogen-bond donors (Lipinski definition) is 3. The first kappa shape index (κ1) is 26.8. The van der Waals surface area contributed by atoms with Crippen LogP contribution in [0.4, 0.5) is 16.0 Å². The summed E-state index contributed by atoms with van der Waals surface area (Å²) in [5.74, 6) is 0.721. The average molecular weight is 580 g/mol. The van der Waals surface area contributed by atoms with E-state index in [4.69, 9.17) is 5.73 Å². The molecule has 3 aliphatic rings. The molecule has 0 radical (unpaired) electrons. The Balaban J connectivity index is 1.17. The smallest absolute Gasteiger partial charge is 0.268 e. The van der Waals surface area contributed by atoms with Crippen LogP contribution in [0.3, 0.4) is 0 Å². The molecule has 1 aliphatic heterocycles. The van der Waals surface area contributed by atoms with Crippen LogP contribution in [0.2, 0.25) is 0 Å². The Hall–Kier alpha value is -5.06. The molecule has 10 nitrogen and oxygen atoms in total. The number of para-hydroxylation sites is 1. The van der Waals surface area contributed by atoms with Gasteiger partial charge in [-0.05, 0) is 62.4 Å². The summed E-state index contributed by atoms with van der Waals surface area (Å²) in [6.45, 7) is 0.375. The second-order valence-corrected chi connectivity index (χ2v) is 11.2. The number of nitrogens with two attached hydrogens (primary N) is 1. The van der Waals surface area contributed by atoms with E-state index in [-0.39, 0.29) is 23.2 Å². The Morgan fingerprint density at radius 3 is 2.65 bits per heavy atom. The van der Waals surface area contributed by atoms with Crippen molar-refractivity contribution < 1.29 is 14.0 Å². The van der Waals surface area contributed by atoms with Gasteiger partial charge in [0, 0.05) is 52.9 Å². The number of pyridine rings is 2. The molecule has 2 unspecified atom stereocenters. The highest BCUT2D eigenvalue weighted by Gasteiger charge is 2.34. The molecule has 4 N–H and O–H groups in total. The minimum Gasteiger partial charge on any atom is -0.383 e. The number of aromatic amines is 1. The van der Waals surface area contributed by atoms with E-state index in [0.29, 0.717) is 61.6 Å². The lowest BCUT2D eigenvalue weighted by Crippen LogP contribution is -2.39. The lowest BCUT2D eigenvalue weighted by atomic mass is 9.92. The summed E-state index contributed by atoms with van der Waals surface area (Å²) < 4.78 is 15.4. The molecule has 4 aromatic rings. The van der Waals surface area contributed by atoms with Crippen LogP contribution in [0.5, 0.6) is 0 Å². The van der Waals surface area contributed by atoms with Crippen LogP contribution in [-0.2, 0) is 6.42 Å². The van der Waals surface area contributed by atoms with Crippen LogP contribution in [0.15, 0.2) is 70.7 Å². The summed E-state index contributed by atoms with van der Waals surface area (Å²) in [4.78, 5) is 54.1. The third-order valence-electron chi connectivity index (χ3n) is 8.57. The first-order chi connectivity index (χ1) is 20.9. The molecule has 0 saturated heterocycles. The summed E-state index contributed by atoms with van der Waals surface area (Å²) in [5, 5.41) is 2.72. The van der Waals surface area contributed by atoms with Gasteiger partial charge in [0.05, 0.1) is 5.56 Å². The van der Waals surface area contributed by atoms with Gasteiger partial charge in [-0.25, -0.2) is 14.4 Å². The van der Waals surface area contributed by atoms with Crippen molar-refractivity contribution in [1.82, 2.24) is 14.5 Å². The highest BCUT2D eigenvalue weighted by molar-refractivity contribution is 6.09. The number of aliphatic imine (C=N–C) groups is 1. The molecule has 2 aliphatic carbocycles. The van der Waals surface area contributed by atoms with Crippen molar-refractivity contribution in [2.45, 2.75) is 50.7 Å². The summed E-state index contributed by atoms with van der Waals surface area (Å²) in [7, 11) is 0. The Morgan fingerprint density at radius 1 is 1.07 bits per heavy atom. The number of nitrogens with zero attached hydrogens (tertiary/aromatic N) is 4. The van der Waals surface area contributed by atoms with Crippen molar-refractivity contribution in [2.24, 2.45) is 10.7 Å². The van der Waals surface area contributed by atoms with E-state index in [1.165, 1.54) is 10.6 Å². The van der Waals surface area contributed by atoms with E-state index in [9.17, 15) is 18.8 Å². The topological polar surface area (TPSA) is 138 Å². The van der Waals surface area contributed by atoms with Gasteiger partial charge in [0.2, 0.25) is 0 Å². The molecule has 1 saturated carbocycles. The van der Waals surface area contributed by atoms with Gasteiger partial charge in [-0.15, -0.1) is 0 Å². The van der Waals surface area contributed by atoms with Crippen LogP contribution < -0.4 is 21.5 Å². The molecule has 0 bridgehead atoms.